The number of aldehydes is 1. The summed E-state index contributed by atoms with van der Waals surface area (Å²) in [6.45, 7) is 0. The highest BCUT2D eigenvalue weighted by atomic mass is 16.6. The van der Waals surface area contributed by atoms with E-state index in [0.717, 1.165) is 6.07 Å². The first-order chi connectivity index (χ1) is 11.6. The largest absolute Gasteiger partial charge is 0.506 e. The molecule has 0 spiro atoms. The van der Waals surface area contributed by atoms with Crippen LogP contribution in [0.5, 0.6) is 5.75 Å². The lowest BCUT2D eigenvalue weighted by Gasteiger charge is -2.04. The van der Waals surface area contributed by atoms with Crippen LogP contribution in [0.1, 0.15) is 5.89 Å². The fourth-order valence-electron chi connectivity index (χ4n) is 2.05. The highest BCUT2D eigenvalue weighted by Crippen LogP contribution is 2.28. The van der Waals surface area contributed by atoms with Crippen LogP contribution in [0, 0.1) is 10.1 Å². The Hall–Kier alpha value is -3.68. The number of fused-ring (bicyclic) bond motifs is 1. The maximum Gasteiger partial charge on any atom is 0.273 e. The van der Waals surface area contributed by atoms with Crippen LogP contribution >= 0.6 is 0 Å². The van der Waals surface area contributed by atoms with Gasteiger partial charge in [0, 0.05) is 12.3 Å². The maximum absolute atomic E-state index is 11.3. The van der Waals surface area contributed by atoms with Crippen LogP contribution in [0.4, 0.5) is 11.4 Å². The topological polar surface area (TPSA) is 118 Å². The molecule has 0 saturated heterocycles. The zero-order valence-corrected chi connectivity index (χ0v) is 12.2. The summed E-state index contributed by atoms with van der Waals surface area (Å²) in [5.74, 6) is -0.191. The number of oxazole rings is 1. The SMILES string of the molecule is O=C/C(=C\Nc1ccc([N+](=O)[O-])cc1O)c1nc2ccccc2o1. The van der Waals surface area contributed by atoms with E-state index in [2.05, 4.69) is 10.3 Å². The van der Waals surface area contributed by atoms with Gasteiger partial charge in [0.25, 0.3) is 5.69 Å². The van der Waals surface area contributed by atoms with Gasteiger partial charge in [0.1, 0.15) is 11.3 Å². The van der Waals surface area contributed by atoms with Gasteiger partial charge in [-0.15, -0.1) is 0 Å². The second-order valence-electron chi connectivity index (χ2n) is 4.81. The number of carbonyl (C=O) groups is 1. The summed E-state index contributed by atoms with van der Waals surface area (Å²) in [4.78, 5) is 25.5. The number of para-hydroxylation sites is 2. The van der Waals surface area contributed by atoms with Crippen molar-refractivity contribution in [2.75, 3.05) is 5.32 Å². The molecule has 1 aromatic heterocycles. The summed E-state index contributed by atoms with van der Waals surface area (Å²) in [5, 5.41) is 23.1. The molecule has 8 nitrogen and oxygen atoms in total. The number of nitrogens with one attached hydrogen (secondary N) is 1. The average Bonchev–Trinajstić information content (AvgIpc) is 3.00. The quantitative estimate of drug-likeness (QED) is 0.243. The number of phenolic OH excluding ortho intramolecular Hbond substituents is 1. The fraction of sp³-hybridized carbons (Fsp3) is 0. The lowest BCUT2D eigenvalue weighted by molar-refractivity contribution is -0.384. The number of aromatic nitrogens is 1. The molecule has 0 aliphatic rings. The van der Waals surface area contributed by atoms with E-state index in [1.807, 2.05) is 0 Å². The number of nitrogens with zero attached hydrogens (tertiary/aromatic N) is 2. The molecule has 0 aliphatic heterocycles. The molecule has 3 rings (SSSR count). The molecule has 0 aliphatic carbocycles. The van der Waals surface area contributed by atoms with E-state index in [-0.39, 0.29) is 28.6 Å². The Morgan fingerprint density at radius 2 is 2.08 bits per heavy atom. The van der Waals surface area contributed by atoms with Crippen LogP contribution in [-0.4, -0.2) is 21.3 Å². The Kier molecular flexibility index (Phi) is 3.94. The van der Waals surface area contributed by atoms with E-state index in [1.54, 1.807) is 24.3 Å². The van der Waals surface area contributed by atoms with Crippen molar-refractivity contribution in [1.29, 1.82) is 0 Å². The summed E-state index contributed by atoms with van der Waals surface area (Å²) in [7, 11) is 0. The second kappa shape index (κ2) is 6.21. The number of hydrogen-bond acceptors (Lipinski definition) is 7. The Morgan fingerprint density at radius 1 is 1.29 bits per heavy atom. The molecule has 1 heterocycles. The molecule has 8 heteroatoms. The second-order valence-corrected chi connectivity index (χ2v) is 4.81. The molecule has 0 unspecified atom stereocenters. The summed E-state index contributed by atoms with van der Waals surface area (Å²) in [6.07, 6.45) is 1.86. The van der Waals surface area contributed by atoms with Crippen molar-refractivity contribution >= 4 is 34.3 Å². The Bertz CT molecular complexity index is 928. The van der Waals surface area contributed by atoms with Crippen LogP contribution in [0.3, 0.4) is 0 Å². The smallest absolute Gasteiger partial charge is 0.273 e. The number of anilines is 1. The number of hydrogen-bond donors (Lipinski definition) is 2. The maximum atomic E-state index is 11.3. The zero-order chi connectivity index (χ0) is 17.1. The first-order valence-electron chi connectivity index (χ1n) is 6.83. The minimum absolute atomic E-state index is 0.125. The number of rotatable bonds is 5. The molecule has 0 atom stereocenters. The lowest BCUT2D eigenvalue weighted by atomic mass is 10.2. The monoisotopic (exact) mass is 325 g/mol. The Balaban J connectivity index is 1.88. The van der Waals surface area contributed by atoms with E-state index >= 15 is 0 Å². The number of non-ortho nitro benzene ring substituents is 1. The molecule has 24 heavy (non-hydrogen) atoms. The number of phenols is 1. The minimum atomic E-state index is -0.617. The van der Waals surface area contributed by atoms with Crippen molar-refractivity contribution in [2.24, 2.45) is 0 Å². The molecule has 2 N–H and O–H groups in total. The summed E-state index contributed by atoms with van der Waals surface area (Å²) < 4.78 is 5.49. The summed E-state index contributed by atoms with van der Waals surface area (Å²) >= 11 is 0. The van der Waals surface area contributed by atoms with Gasteiger partial charge in [-0.2, -0.15) is 0 Å². The number of allylic oxidation sites excluding steroid dienone is 1. The molecule has 0 bridgehead atoms. The molecule has 0 fully saturated rings. The fourth-order valence-corrected chi connectivity index (χ4v) is 2.05. The highest BCUT2D eigenvalue weighted by molar-refractivity contribution is 6.06. The minimum Gasteiger partial charge on any atom is -0.506 e. The number of aromatic hydroxyl groups is 1. The molecule has 0 amide bonds. The molecule has 2 aromatic carbocycles. The Labute approximate surface area is 135 Å². The molecule has 0 saturated carbocycles. The van der Waals surface area contributed by atoms with Crippen molar-refractivity contribution < 1.29 is 19.2 Å². The number of nitro benzene ring substituents is 1. The molecule has 3 aromatic rings. The molecule has 120 valence electrons. The van der Waals surface area contributed by atoms with Gasteiger partial charge in [0.2, 0.25) is 5.89 Å². The van der Waals surface area contributed by atoms with E-state index in [0.29, 0.717) is 17.4 Å². The third kappa shape index (κ3) is 2.93. The lowest BCUT2D eigenvalue weighted by Crippen LogP contribution is -1.95. The van der Waals surface area contributed by atoms with Crippen LogP contribution < -0.4 is 5.32 Å². The van der Waals surface area contributed by atoms with Crippen LogP contribution in [-0.2, 0) is 4.79 Å². The van der Waals surface area contributed by atoms with Crippen molar-refractivity contribution in [3.05, 3.63) is 64.7 Å². The van der Waals surface area contributed by atoms with Gasteiger partial charge < -0.3 is 14.8 Å². The van der Waals surface area contributed by atoms with E-state index in [1.165, 1.54) is 18.3 Å². The van der Waals surface area contributed by atoms with Crippen LogP contribution in [0.15, 0.2) is 53.1 Å². The number of nitro groups is 1. The van der Waals surface area contributed by atoms with Crippen LogP contribution in [0.2, 0.25) is 0 Å². The first-order valence-corrected chi connectivity index (χ1v) is 6.83. The Morgan fingerprint density at radius 3 is 2.75 bits per heavy atom. The van der Waals surface area contributed by atoms with Crippen LogP contribution in [0.25, 0.3) is 16.7 Å². The zero-order valence-electron chi connectivity index (χ0n) is 12.2. The number of benzene rings is 2. The van der Waals surface area contributed by atoms with Crippen molar-refractivity contribution in [2.45, 2.75) is 0 Å². The summed E-state index contributed by atoms with van der Waals surface area (Å²) in [5.41, 5.74) is 1.24. The third-order valence-corrected chi connectivity index (χ3v) is 3.24. The van der Waals surface area contributed by atoms with Gasteiger partial charge in [-0.3, -0.25) is 14.9 Å². The third-order valence-electron chi connectivity index (χ3n) is 3.24. The molecular weight excluding hydrogens is 314 g/mol. The van der Waals surface area contributed by atoms with Gasteiger partial charge in [0.15, 0.2) is 11.9 Å². The molecule has 0 radical (unpaired) electrons. The van der Waals surface area contributed by atoms with E-state index in [4.69, 9.17) is 4.42 Å². The van der Waals surface area contributed by atoms with Gasteiger partial charge in [0.05, 0.1) is 22.3 Å². The highest BCUT2D eigenvalue weighted by Gasteiger charge is 2.12. The average molecular weight is 325 g/mol. The number of carbonyl (C=O) groups excluding carboxylic acids is 1. The first kappa shape index (κ1) is 15.2. The predicted octanol–water partition coefficient (Wildman–Crippen LogP) is 3.09. The van der Waals surface area contributed by atoms with E-state index in [9.17, 15) is 20.0 Å². The van der Waals surface area contributed by atoms with Crippen molar-refractivity contribution in [3.63, 3.8) is 0 Å². The molecular formula is C16H11N3O5. The van der Waals surface area contributed by atoms with Gasteiger partial charge in [-0.05, 0) is 18.2 Å². The van der Waals surface area contributed by atoms with E-state index < -0.39 is 4.92 Å². The van der Waals surface area contributed by atoms with Gasteiger partial charge in [-0.1, -0.05) is 12.1 Å². The van der Waals surface area contributed by atoms with Gasteiger partial charge >= 0.3 is 0 Å². The van der Waals surface area contributed by atoms with Gasteiger partial charge in [-0.25, -0.2) is 4.98 Å². The summed E-state index contributed by atoms with van der Waals surface area (Å²) in [6, 6.07) is 10.6. The normalized spacial score (nSPS) is 11.4. The van der Waals surface area contributed by atoms with Crippen molar-refractivity contribution in [3.8, 4) is 5.75 Å². The van der Waals surface area contributed by atoms with Crippen molar-refractivity contribution in [1.82, 2.24) is 4.98 Å². The standard InChI is InChI=1S/C16H11N3O5/c20-9-10(16-18-13-3-1-2-4-15(13)24-16)8-17-12-6-5-11(19(22)23)7-14(12)21/h1-9,17,21H/b10-8+. The predicted molar refractivity (Wildman–Crippen MR) is 86.4 cm³/mol.